The monoisotopic (exact) mass is 275 g/mol. The summed E-state index contributed by atoms with van der Waals surface area (Å²) in [5, 5.41) is 13.9. The lowest BCUT2D eigenvalue weighted by Gasteiger charge is -2.25. The molecule has 3 aliphatic rings. The summed E-state index contributed by atoms with van der Waals surface area (Å²) in [7, 11) is 0. The summed E-state index contributed by atoms with van der Waals surface area (Å²) < 4.78 is 11.5. The van der Waals surface area contributed by atoms with Crippen molar-refractivity contribution in [3.63, 3.8) is 0 Å². The zero-order valence-corrected chi connectivity index (χ0v) is 11.7. The second-order valence-corrected chi connectivity index (χ2v) is 5.99. The molecule has 1 aromatic rings. The van der Waals surface area contributed by atoms with Crippen LogP contribution in [0.5, 0.6) is 17.2 Å². The molecule has 3 heterocycles. The second kappa shape index (κ2) is 4.85. The van der Waals surface area contributed by atoms with E-state index in [4.69, 9.17) is 9.47 Å². The lowest BCUT2D eigenvalue weighted by molar-refractivity contribution is 0.333. The van der Waals surface area contributed by atoms with Crippen LogP contribution in [-0.4, -0.2) is 30.9 Å². The van der Waals surface area contributed by atoms with Gasteiger partial charge in [0.1, 0.15) is 5.75 Å². The van der Waals surface area contributed by atoms with E-state index >= 15 is 0 Å². The SMILES string of the molecule is Oc1c2c(c(CC3CCCCN3)c3c1OCC3)OCC2. The fourth-order valence-electron chi connectivity index (χ4n) is 3.74. The number of piperidine rings is 1. The van der Waals surface area contributed by atoms with Crippen molar-refractivity contribution < 1.29 is 14.6 Å². The van der Waals surface area contributed by atoms with E-state index in [1.807, 2.05) is 0 Å². The quantitative estimate of drug-likeness (QED) is 0.866. The Balaban J connectivity index is 1.74. The van der Waals surface area contributed by atoms with E-state index in [2.05, 4.69) is 5.32 Å². The van der Waals surface area contributed by atoms with Crippen LogP contribution in [0.2, 0.25) is 0 Å². The maximum atomic E-state index is 10.3. The van der Waals surface area contributed by atoms with Crippen molar-refractivity contribution in [3.05, 3.63) is 16.7 Å². The second-order valence-electron chi connectivity index (χ2n) is 5.99. The van der Waals surface area contributed by atoms with Gasteiger partial charge in [-0.25, -0.2) is 0 Å². The highest BCUT2D eigenvalue weighted by Gasteiger charge is 2.32. The molecule has 0 radical (unpaired) electrons. The van der Waals surface area contributed by atoms with Gasteiger partial charge in [0.2, 0.25) is 0 Å². The van der Waals surface area contributed by atoms with Crippen LogP contribution >= 0.6 is 0 Å². The smallest absolute Gasteiger partial charge is 0.165 e. The summed E-state index contributed by atoms with van der Waals surface area (Å²) in [6.07, 6.45) is 6.49. The third kappa shape index (κ3) is 1.85. The van der Waals surface area contributed by atoms with Crippen molar-refractivity contribution in [2.24, 2.45) is 0 Å². The first-order chi connectivity index (χ1) is 9.84. The molecule has 1 saturated heterocycles. The molecule has 4 rings (SSSR count). The molecule has 4 nitrogen and oxygen atoms in total. The Morgan fingerprint density at radius 3 is 2.65 bits per heavy atom. The van der Waals surface area contributed by atoms with Gasteiger partial charge in [0.15, 0.2) is 11.5 Å². The normalized spacial score (nSPS) is 23.9. The van der Waals surface area contributed by atoms with E-state index in [-0.39, 0.29) is 0 Å². The largest absolute Gasteiger partial charge is 0.504 e. The van der Waals surface area contributed by atoms with Gasteiger partial charge in [-0.1, -0.05) is 6.42 Å². The lowest BCUT2D eigenvalue weighted by Crippen LogP contribution is -2.35. The van der Waals surface area contributed by atoms with Crippen LogP contribution in [-0.2, 0) is 19.3 Å². The minimum Gasteiger partial charge on any atom is -0.504 e. The number of phenolic OH excluding ortho intramolecular Hbond substituents is 1. The van der Waals surface area contributed by atoms with Gasteiger partial charge in [-0.15, -0.1) is 0 Å². The molecule has 1 unspecified atom stereocenters. The highest BCUT2D eigenvalue weighted by Crippen LogP contribution is 2.48. The van der Waals surface area contributed by atoms with Crippen LogP contribution in [0.15, 0.2) is 0 Å². The summed E-state index contributed by atoms with van der Waals surface area (Å²) in [6.45, 7) is 2.47. The Kier molecular flexibility index (Phi) is 2.99. The van der Waals surface area contributed by atoms with Gasteiger partial charge >= 0.3 is 0 Å². The van der Waals surface area contributed by atoms with Crippen molar-refractivity contribution >= 4 is 0 Å². The molecule has 0 bridgehead atoms. The molecule has 0 amide bonds. The molecule has 0 saturated carbocycles. The fraction of sp³-hybridized carbons (Fsp3) is 0.625. The molecule has 3 aliphatic heterocycles. The first-order valence-corrected chi connectivity index (χ1v) is 7.73. The number of aromatic hydroxyl groups is 1. The predicted octanol–water partition coefficient (Wildman–Crippen LogP) is 1.95. The van der Waals surface area contributed by atoms with E-state index in [0.29, 0.717) is 25.0 Å². The lowest BCUT2D eigenvalue weighted by atomic mass is 9.91. The average molecular weight is 275 g/mol. The van der Waals surface area contributed by atoms with Gasteiger partial charge in [-0.2, -0.15) is 0 Å². The first kappa shape index (κ1) is 12.3. The first-order valence-electron chi connectivity index (χ1n) is 7.73. The van der Waals surface area contributed by atoms with Gasteiger partial charge in [0, 0.05) is 35.6 Å². The van der Waals surface area contributed by atoms with Crippen LogP contribution in [0, 0.1) is 0 Å². The number of fused-ring (bicyclic) bond motifs is 2. The van der Waals surface area contributed by atoms with Crippen LogP contribution < -0.4 is 14.8 Å². The van der Waals surface area contributed by atoms with Crippen molar-refractivity contribution in [2.75, 3.05) is 19.8 Å². The summed E-state index contributed by atoms with van der Waals surface area (Å²) >= 11 is 0. The molecule has 1 fully saturated rings. The molecular formula is C16H21NO3. The van der Waals surface area contributed by atoms with E-state index in [1.54, 1.807) is 0 Å². The molecule has 108 valence electrons. The van der Waals surface area contributed by atoms with Gasteiger partial charge in [-0.3, -0.25) is 0 Å². The summed E-state index contributed by atoms with van der Waals surface area (Å²) in [5.41, 5.74) is 3.41. The standard InChI is InChI=1S/C16H21NO3/c18-14-12-5-8-19-15(12)13(11-4-7-20-16(11)14)9-10-3-1-2-6-17-10/h10,17-18H,1-9H2. The average Bonchev–Trinajstić information content (AvgIpc) is 3.14. The highest BCUT2D eigenvalue weighted by molar-refractivity contribution is 5.65. The number of phenols is 1. The van der Waals surface area contributed by atoms with Crippen molar-refractivity contribution in [1.82, 2.24) is 5.32 Å². The summed E-state index contributed by atoms with van der Waals surface area (Å²) in [6, 6.07) is 0.534. The number of hydrogen-bond acceptors (Lipinski definition) is 4. The van der Waals surface area contributed by atoms with Crippen LogP contribution in [0.3, 0.4) is 0 Å². The summed E-state index contributed by atoms with van der Waals surface area (Å²) in [5.74, 6) is 1.99. The van der Waals surface area contributed by atoms with Crippen LogP contribution in [0.1, 0.15) is 36.0 Å². The van der Waals surface area contributed by atoms with Gasteiger partial charge < -0.3 is 19.9 Å². The molecule has 2 N–H and O–H groups in total. The minimum atomic E-state index is 0.324. The highest BCUT2D eigenvalue weighted by atomic mass is 16.5. The van der Waals surface area contributed by atoms with E-state index in [0.717, 1.165) is 42.9 Å². The molecular weight excluding hydrogens is 254 g/mol. The predicted molar refractivity (Wildman–Crippen MR) is 75.9 cm³/mol. The Morgan fingerprint density at radius 2 is 1.85 bits per heavy atom. The zero-order chi connectivity index (χ0) is 13.5. The molecule has 0 aliphatic carbocycles. The molecule has 1 atom stereocenters. The van der Waals surface area contributed by atoms with E-state index < -0.39 is 0 Å². The molecule has 4 heteroatoms. The maximum Gasteiger partial charge on any atom is 0.165 e. The Labute approximate surface area is 119 Å². The van der Waals surface area contributed by atoms with Gasteiger partial charge in [0.25, 0.3) is 0 Å². The fourth-order valence-corrected chi connectivity index (χ4v) is 3.74. The van der Waals surface area contributed by atoms with E-state index in [1.165, 1.54) is 30.4 Å². The van der Waals surface area contributed by atoms with E-state index in [9.17, 15) is 5.11 Å². The molecule has 1 aromatic carbocycles. The van der Waals surface area contributed by atoms with Crippen molar-refractivity contribution in [1.29, 1.82) is 0 Å². The van der Waals surface area contributed by atoms with Crippen LogP contribution in [0.4, 0.5) is 0 Å². The minimum absolute atomic E-state index is 0.324. The number of hydrogen-bond donors (Lipinski definition) is 2. The number of nitrogens with one attached hydrogen (secondary N) is 1. The summed E-state index contributed by atoms with van der Waals surface area (Å²) in [4.78, 5) is 0. The van der Waals surface area contributed by atoms with Crippen molar-refractivity contribution in [3.8, 4) is 17.2 Å². The number of ether oxygens (including phenoxy) is 2. The Morgan fingerprint density at radius 1 is 1.05 bits per heavy atom. The third-order valence-electron chi connectivity index (χ3n) is 4.75. The van der Waals surface area contributed by atoms with Crippen LogP contribution in [0.25, 0.3) is 0 Å². The van der Waals surface area contributed by atoms with Crippen molar-refractivity contribution in [2.45, 2.75) is 44.6 Å². The Bertz CT molecular complexity index is 500. The van der Waals surface area contributed by atoms with Gasteiger partial charge in [0.05, 0.1) is 13.2 Å². The molecule has 0 spiro atoms. The number of benzene rings is 1. The maximum absolute atomic E-state index is 10.3. The molecule has 20 heavy (non-hydrogen) atoms. The Hall–Kier alpha value is -1.42. The number of rotatable bonds is 2. The molecule has 0 aromatic heterocycles. The third-order valence-corrected chi connectivity index (χ3v) is 4.75. The topological polar surface area (TPSA) is 50.7 Å². The zero-order valence-electron chi connectivity index (χ0n) is 11.7. The van der Waals surface area contributed by atoms with Gasteiger partial charge in [-0.05, 0) is 25.8 Å².